The number of benzene rings is 1. The van der Waals surface area contributed by atoms with Crippen molar-refractivity contribution < 1.29 is 14.7 Å². The Bertz CT molecular complexity index is 900. The molecule has 2 N–H and O–H groups in total. The summed E-state index contributed by atoms with van der Waals surface area (Å²) in [6, 6.07) is 8.84. The molecule has 1 aromatic heterocycles. The number of hydrogen-bond donors (Lipinski definition) is 2. The molecule has 0 radical (unpaired) electrons. The number of hydrogen-bond acceptors (Lipinski definition) is 3. The minimum absolute atomic E-state index is 0.0647. The van der Waals surface area contributed by atoms with Gasteiger partial charge in [-0.05, 0) is 48.6 Å². The van der Waals surface area contributed by atoms with Gasteiger partial charge in [-0.3, -0.25) is 4.68 Å². The smallest absolute Gasteiger partial charge is 0.335 e. The molecule has 2 amide bonds. The Kier molecular flexibility index (Phi) is 4.43. The Balaban J connectivity index is 1.42. The van der Waals surface area contributed by atoms with Crippen molar-refractivity contribution in [1.82, 2.24) is 20.0 Å². The molecule has 7 heteroatoms. The summed E-state index contributed by atoms with van der Waals surface area (Å²) in [6.07, 6.45) is 6.82. The van der Waals surface area contributed by atoms with Gasteiger partial charge in [-0.2, -0.15) is 5.10 Å². The van der Waals surface area contributed by atoms with Gasteiger partial charge in [0.2, 0.25) is 0 Å². The molecule has 7 nitrogen and oxygen atoms in total. The minimum atomic E-state index is -0.952. The molecule has 4 rings (SSSR count). The predicted octanol–water partition coefficient (Wildman–Crippen LogP) is 2.65. The number of rotatable bonds is 4. The third kappa shape index (κ3) is 3.32. The zero-order valence-corrected chi connectivity index (χ0v) is 15.1. The molecule has 2 unspecified atom stereocenters. The normalized spacial score (nSPS) is 21.1. The van der Waals surface area contributed by atoms with Gasteiger partial charge in [0.1, 0.15) is 0 Å². The molecule has 140 valence electrons. The van der Waals surface area contributed by atoms with Crippen LogP contribution in [-0.2, 0) is 13.6 Å². The fraction of sp³-hybridized carbons (Fsp3) is 0.350. The van der Waals surface area contributed by atoms with E-state index in [9.17, 15) is 9.59 Å². The quantitative estimate of drug-likeness (QED) is 0.871. The zero-order chi connectivity index (χ0) is 19.0. The first kappa shape index (κ1) is 17.3. The molecule has 2 aliphatic heterocycles. The van der Waals surface area contributed by atoms with Crippen molar-refractivity contribution in [2.75, 3.05) is 0 Å². The van der Waals surface area contributed by atoms with Gasteiger partial charge < -0.3 is 15.3 Å². The second-order valence-corrected chi connectivity index (χ2v) is 7.10. The zero-order valence-electron chi connectivity index (χ0n) is 15.1. The number of aromatic carboxylic acids is 1. The minimum Gasteiger partial charge on any atom is -0.478 e. The Morgan fingerprint density at radius 2 is 2.00 bits per heavy atom. The van der Waals surface area contributed by atoms with Crippen molar-refractivity contribution in [2.45, 2.75) is 37.9 Å². The van der Waals surface area contributed by atoms with Gasteiger partial charge in [0.15, 0.2) is 0 Å². The predicted molar refractivity (Wildman–Crippen MR) is 100 cm³/mol. The van der Waals surface area contributed by atoms with Crippen LogP contribution >= 0.6 is 0 Å². The Labute approximate surface area is 157 Å². The molecule has 1 aromatic carbocycles. The van der Waals surface area contributed by atoms with E-state index < -0.39 is 5.97 Å². The topological polar surface area (TPSA) is 87.5 Å². The number of aryl methyl sites for hydroxylation is 1. The first-order valence-electron chi connectivity index (χ1n) is 9.10. The molecule has 2 atom stereocenters. The lowest BCUT2D eigenvalue weighted by atomic mass is 9.99. The third-order valence-corrected chi connectivity index (χ3v) is 5.42. The average Bonchev–Trinajstić information content (AvgIpc) is 3.20. The average molecular weight is 366 g/mol. The number of aromatic nitrogens is 2. The van der Waals surface area contributed by atoms with Gasteiger partial charge in [-0.1, -0.05) is 18.2 Å². The fourth-order valence-corrected chi connectivity index (χ4v) is 4.06. The number of fused-ring (bicyclic) bond motifs is 2. The Hall–Kier alpha value is -3.09. The molecule has 0 saturated carbocycles. The van der Waals surface area contributed by atoms with Gasteiger partial charge in [0.25, 0.3) is 0 Å². The van der Waals surface area contributed by atoms with Crippen LogP contribution < -0.4 is 5.32 Å². The molecule has 27 heavy (non-hydrogen) atoms. The maximum absolute atomic E-state index is 12.7. The van der Waals surface area contributed by atoms with Gasteiger partial charge >= 0.3 is 12.0 Å². The number of amides is 2. The van der Waals surface area contributed by atoms with Crippen LogP contribution in [0.15, 0.2) is 42.6 Å². The van der Waals surface area contributed by atoms with E-state index in [0.29, 0.717) is 6.54 Å². The highest BCUT2D eigenvalue weighted by Crippen LogP contribution is 2.38. The van der Waals surface area contributed by atoms with Crippen LogP contribution in [0.1, 0.15) is 40.9 Å². The first-order chi connectivity index (χ1) is 13.0. The summed E-state index contributed by atoms with van der Waals surface area (Å²) in [6.45, 7) is 0.382. The second kappa shape index (κ2) is 6.90. The molecule has 1 fully saturated rings. The maximum Gasteiger partial charge on any atom is 0.335 e. The molecule has 0 aliphatic carbocycles. The van der Waals surface area contributed by atoms with Crippen molar-refractivity contribution in [3.63, 3.8) is 0 Å². The number of carboxylic acids is 1. The summed E-state index contributed by atoms with van der Waals surface area (Å²) >= 11 is 0. The summed E-state index contributed by atoms with van der Waals surface area (Å²) in [5.41, 5.74) is 3.50. The lowest BCUT2D eigenvalue weighted by Crippen LogP contribution is -2.48. The molecular formula is C20H22N4O3. The summed E-state index contributed by atoms with van der Waals surface area (Å²) in [4.78, 5) is 25.6. The van der Waals surface area contributed by atoms with Crippen LogP contribution in [0.5, 0.6) is 0 Å². The molecule has 2 bridgehead atoms. The van der Waals surface area contributed by atoms with E-state index >= 15 is 0 Å². The Morgan fingerprint density at radius 1 is 1.22 bits per heavy atom. The lowest BCUT2D eigenvalue weighted by molar-refractivity contribution is 0.0697. The monoisotopic (exact) mass is 366 g/mol. The highest BCUT2D eigenvalue weighted by Gasteiger charge is 2.40. The number of urea groups is 1. The standard InChI is InChI=1S/C20H22N4O3/c1-23-18(8-9-22-23)15-10-16-6-7-17(11-15)24(16)20(27)21-12-13-2-4-14(5-3-13)19(25)26/h2-5,8-10,16-17H,6-7,11-12H2,1H3,(H,21,27)(H,25,26). The van der Waals surface area contributed by atoms with E-state index in [-0.39, 0.29) is 23.7 Å². The van der Waals surface area contributed by atoms with E-state index in [1.54, 1.807) is 30.5 Å². The number of nitrogens with one attached hydrogen (secondary N) is 1. The summed E-state index contributed by atoms with van der Waals surface area (Å²) in [5, 5.41) is 16.2. The molecule has 0 spiro atoms. The number of nitrogens with zero attached hydrogens (tertiary/aromatic N) is 3. The van der Waals surface area contributed by atoms with Crippen LogP contribution in [0, 0.1) is 0 Å². The molecule has 2 aliphatic rings. The van der Waals surface area contributed by atoms with E-state index in [4.69, 9.17) is 5.11 Å². The van der Waals surface area contributed by atoms with Crippen LogP contribution in [0.25, 0.3) is 5.57 Å². The maximum atomic E-state index is 12.7. The van der Waals surface area contributed by atoms with Crippen molar-refractivity contribution >= 4 is 17.6 Å². The fourth-order valence-electron chi connectivity index (χ4n) is 4.06. The van der Waals surface area contributed by atoms with Gasteiger partial charge in [0, 0.05) is 25.8 Å². The summed E-state index contributed by atoms with van der Waals surface area (Å²) < 4.78 is 1.88. The van der Waals surface area contributed by atoms with Crippen LogP contribution in [-0.4, -0.2) is 43.9 Å². The van der Waals surface area contributed by atoms with Crippen LogP contribution in [0.2, 0.25) is 0 Å². The molecule has 2 aromatic rings. The van der Waals surface area contributed by atoms with E-state index in [1.165, 1.54) is 5.57 Å². The SMILES string of the molecule is Cn1nccc1C1=CC2CCC(C1)N2C(=O)NCc1ccc(C(=O)O)cc1. The summed E-state index contributed by atoms with van der Waals surface area (Å²) in [7, 11) is 1.94. The number of carbonyl (C=O) groups excluding carboxylic acids is 1. The highest BCUT2D eigenvalue weighted by atomic mass is 16.4. The number of carbonyl (C=O) groups is 2. The highest BCUT2D eigenvalue weighted by molar-refractivity contribution is 5.87. The van der Waals surface area contributed by atoms with Gasteiger partial charge in [-0.15, -0.1) is 0 Å². The van der Waals surface area contributed by atoms with Gasteiger partial charge in [0.05, 0.1) is 17.3 Å². The molecular weight excluding hydrogens is 344 g/mol. The largest absolute Gasteiger partial charge is 0.478 e. The van der Waals surface area contributed by atoms with E-state index in [0.717, 1.165) is 30.5 Å². The van der Waals surface area contributed by atoms with E-state index in [1.807, 2.05) is 22.7 Å². The van der Waals surface area contributed by atoms with Crippen molar-refractivity contribution in [1.29, 1.82) is 0 Å². The molecule has 3 heterocycles. The summed E-state index contributed by atoms with van der Waals surface area (Å²) in [5.74, 6) is -0.952. The number of carboxylic acid groups (broad SMARTS) is 1. The lowest BCUT2D eigenvalue weighted by Gasteiger charge is -2.34. The second-order valence-electron chi connectivity index (χ2n) is 7.10. The van der Waals surface area contributed by atoms with E-state index in [2.05, 4.69) is 16.5 Å². The van der Waals surface area contributed by atoms with Gasteiger partial charge in [-0.25, -0.2) is 9.59 Å². The first-order valence-corrected chi connectivity index (χ1v) is 9.10. The van der Waals surface area contributed by atoms with Crippen molar-refractivity contribution in [3.05, 3.63) is 59.4 Å². The third-order valence-electron chi connectivity index (χ3n) is 5.42. The Morgan fingerprint density at radius 3 is 2.63 bits per heavy atom. The van der Waals surface area contributed by atoms with Crippen LogP contribution in [0.4, 0.5) is 4.79 Å². The molecule has 1 saturated heterocycles. The van der Waals surface area contributed by atoms with Crippen molar-refractivity contribution in [3.8, 4) is 0 Å². The van der Waals surface area contributed by atoms with Crippen LogP contribution in [0.3, 0.4) is 0 Å². The van der Waals surface area contributed by atoms with Crippen molar-refractivity contribution in [2.24, 2.45) is 7.05 Å².